The summed E-state index contributed by atoms with van der Waals surface area (Å²) in [7, 11) is -1.49. The lowest BCUT2D eigenvalue weighted by Crippen LogP contribution is -2.44. The van der Waals surface area contributed by atoms with E-state index in [1.165, 1.54) is 38.5 Å². The van der Waals surface area contributed by atoms with Crippen molar-refractivity contribution in [3.8, 4) is 0 Å². The fourth-order valence-corrected chi connectivity index (χ4v) is 5.77. The molecule has 160 valence electrons. The summed E-state index contributed by atoms with van der Waals surface area (Å²) in [5, 5.41) is 6.28. The minimum absolute atomic E-state index is 0. The monoisotopic (exact) mass is 534 g/mol. The number of halogens is 1. The number of ether oxygens (including phenoxy) is 1. The quantitative estimate of drug-likeness (QED) is 0.163. The zero-order valence-electron chi connectivity index (χ0n) is 16.3. The summed E-state index contributed by atoms with van der Waals surface area (Å²) in [6.07, 6.45) is 7.92. The maximum Gasteiger partial charge on any atom is 0.215 e. The van der Waals surface area contributed by atoms with Crippen LogP contribution in [0.5, 0.6) is 0 Å². The maximum absolute atomic E-state index is 12.3. The average Bonchev–Trinajstić information content (AvgIpc) is 2.93. The number of rotatable bonds is 8. The van der Waals surface area contributed by atoms with Gasteiger partial charge in [0, 0.05) is 44.7 Å². The second-order valence-corrected chi connectivity index (χ2v) is 10.1. The molecule has 2 rings (SSSR count). The summed E-state index contributed by atoms with van der Waals surface area (Å²) in [6.45, 7) is 2.92. The van der Waals surface area contributed by atoms with Gasteiger partial charge in [-0.1, -0.05) is 25.7 Å². The van der Waals surface area contributed by atoms with Crippen LogP contribution in [0, 0.1) is 0 Å². The van der Waals surface area contributed by atoms with Crippen molar-refractivity contribution < 1.29 is 13.2 Å². The third-order valence-electron chi connectivity index (χ3n) is 4.79. The molecule has 7 nitrogen and oxygen atoms in total. The molecule has 0 radical (unpaired) electrons. The van der Waals surface area contributed by atoms with Crippen molar-refractivity contribution in [3.05, 3.63) is 0 Å². The van der Waals surface area contributed by atoms with E-state index in [1.807, 2.05) is 0 Å². The van der Waals surface area contributed by atoms with Gasteiger partial charge < -0.3 is 15.4 Å². The van der Waals surface area contributed by atoms with Crippen molar-refractivity contribution in [2.45, 2.75) is 44.6 Å². The Morgan fingerprint density at radius 2 is 1.74 bits per heavy atom. The third-order valence-corrected chi connectivity index (χ3v) is 7.60. The molecule has 0 atom stereocenters. The Bertz CT molecular complexity index is 520. The van der Waals surface area contributed by atoms with Crippen LogP contribution in [0.4, 0.5) is 0 Å². The molecule has 0 bridgehead atoms. The van der Waals surface area contributed by atoms with E-state index in [1.54, 1.807) is 23.1 Å². The highest BCUT2D eigenvalue weighted by molar-refractivity contribution is 14.0. The van der Waals surface area contributed by atoms with Crippen molar-refractivity contribution in [2.75, 3.05) is 57.1 Å². The number of nitrogens with zero attached hydrogens (tertiary/aromatic N) is 2. The second kappa shape index (κ2) is 14.2. The molecular formula is C17H35IN4O3S2. The molecule has 0 aromatic carbocycles. The molecule has 0 unspecified atom stereocenters. The molecule has 1 aliphatic carbocycles. The normalized spacial score (nSPS) is 20.6. The molecule has 1 saturated heterocycles. The smallest absolute Gasteiger partial charge is 0.215 e. The summed E-state index contributed by atoms with van der Waals surface area (Å²) in [5.41, 5.74) is 0. The zero-order valence-corrected chi connectivity index (χ0v) is 20.3. The molecule has 0 aromatic heterocycles. The van der Waals surface area contributed by atoms with Crippen LogP contribution in [0.2, 0.25) is 0 Å². The van der Waals surface area contributed by atoms with E-state index in [4.69, 9.17) is 4.74 Å². The van der Waals surface area contributed by atoms with E-state index in [9.17, 15) is 8.42 Å². The van der Waals surface area contributed by atoms with E-state index in [0.29, 0.717) is 44.8 Å². The summed E-state index contributed by atoms with van der Waals surface area (Å²) < 4.78 is 32.2. The number of sulfonamides is 1. The van der Waals surface area contributed by atoms with Crippen molar-refractivity contribution in [1.82, 2.24) is 14.9 Å². The second-order valence-electron chi connectivity index (χ2n) is 6.74. The number of thioether (sulfide) groups is 1. The summed E-state index contributed by atoms with van der Waals surface area (Å²) >= 11 is 1.81. The number of hydrogen-bond donors (Lipinski definition) is 2. The van der Waals surface area contributed by atoms with Crippen molar-refractivity contribution in [2.24, 2.45) is 4.99 Å². The Morgan fingerprint density at radius 3 is 2.37 bits per heavy atom. The van der Waals surface area contributed by atoms with E-state index in [0.717, 1.165) is 11.5 Å². The maximum atomic E-state index is 12.3. The molecule has 27 heavy (non-hydrogen) atoms. The van der Waals surface area contributed by atoms with Crippen LogP contribution in [0.25, 0.3) is 0 Å². The Balaban J connectivity index is 0.00000364. The first-order valence-corrected chi connectivity index (χ1v) is 12.5. The van der Waals surface area contributed by atoms with Gasteiger partial charge in [-0.2, -0.15) is 11.8 Å². The minimum atomic E-state index is -3.18. The molecule has 0 aromatic rings. The van der Waals surface area contributed by atoms with Gasteiger partial charge in [-0.25, -0.2) is 12.7 Å². The van der Waals surface area contributed by atoms with Crippen molar-refractivity contribution in [1.29, 1.82) is 0 Å². The minimum Gasteiger partial charge on any atom is -0.376 e. The molecule has 2 fully saturated rings. The first-order valence-electron chi connectivity index (χ1n) is 9.73. The summed E-state index contributed by atoms with van der Waals surface area (Å²) in [6, 6.07) is 0. The lowest BCUT2D eigenvalue weighted by atomic mass is 10.1. The van der Waals surface area contributed by atoms with Gasteiger partial charge in [-0.15, -0.1) is 24.0 Å². The SMILES string of the molecule is CN=C(NCCOC1CCCCCC1)NCCS(=O)(=O)N1CCSCC1.I. The Hall–Kier alpha value is 0.220. The molecular weight excluding hydrogens is 499 g/mol. The average molecular weight is 535 g/mol. The number of aliphatic imine (C=N–C) groups is 1. The molecule has 2 N–H and O–H groups in total. The standard InChI is InChI=1S/C17H34N4O3S2.HI/c1-18-17(19-8-12-24-16-6-4-2-3-5-7-16)20-9-15-26(22,23)21-10-13-25-14-11-21;/h16H,2-15H2,1H3,(H2,18,19,20);1H. The Labute approximate surface area is 185 Å². The predicted octanol–water partition coefficient (Wildman–Crippen LogP) is 1.89. The lowest BCUT2D eigenvalue weighted by molar-refractivity contribution is 0.0468. The van der Waals surface area contributed by atoms with Crippen LogP contribution in [-0.2, 0) is 14.8 Å². The highest BCUT2D eigenvalue weighted by Crippen LogP contribution is 2.19. The van der Waals surface area contributed by atoms with Crippen LogP contribution in [0.15, 0.2) is 4.99 Å². The molecule has 1 aliphatic heterocycles. The Kier molecular flexibility index (Phi) is 13.3. The van der Waals surface area contributed by atoms with Gasteiger partial charge in [0.1, 0.15) is 0 Å². The molecule has 2 aliphatic rings. The highest BCUT2D eigenvalue weighted by atomic mass is 127. The number of nitrogens with one attached hydrogen (secondary N) is 2. The van der Waals surface area contributed by atoms with Crippen molar-refractivity contribution in [3.63, 3.8) is 0 Å². The van der Waals surface area contributed by atoms with Crippen LogP contribution >= 0.6 is 35.7 Å². The van der Waals surface area contributed by atoms with E-state index in [-0.39, 0.29) is 29.7 Å². The topological polar surface area (TPSA) is 83.0 Å². The van der Waals surface area contributed by atoms with Gasteiger partial charge in [-0.05, 0) is 12.8 Å². The predicted molar refractivity (Wildman–Crippen MR) is 125 cm³/mol. The van der Waals surface area contributed by atoms with Gasteiger partial charge in [0.25, 0.3) is 0 Å². The van der Waals surface area contributed by atoms with Crippen LogP contribution < -0.4 is 10.6 Å². The number of hydrogen-bond acceptors (Lipinski definition) is 5. The number of guanidine groups is 1. The van der Waals surface area contributed by atoms with E-state index in [2.05, 4.69) is 15.6 Å². The lowest BCUT2D eigenvalue weighted by Gasteiger charge is -2.25. The third kappa shape index (κ3) is 10.00. The van der Waals surface area contributed by atoms with E-state index < -0.39 is 10.0 Å². The van der Waals surface area contributed by atoms with Gasteiger partial charge in [0.05, 0.1) is 18.5 Å². The molecule has 0 spiro atoms. The van der Waals surface area contributed by atoms with Crippen LogP contribution in [-0.4, -0.2) is 81.9 Å². The molecule has 1 heterocycles. The first-order chi connectivity index (χ1) is 12.6. The van der Waals surface area contributed by atoms with Gasteiger partial charge in [-0.3, -0.25) is 4.99 Å². The van der Waals surface area contributed by atoms with Gasteiger partial charge >= 0.3 is 0 Å². The Morgan fingerprint density at radius 1 is 1.11 bits per heavy atom. The molecule has 10 heteroatoms. The van der Waals surface area contributed by atoms with Gasteiger partial charge in [0.15, 0.2) is 5.96 Å². The highest BCUT2D eigenvalue weighted by Gasteiger charge is 2.23. The van der Waals surface area contributed by atoms with Gasteiger partial charge in [0.2, 0.25) is 10.0 Å². The van der Waals surface area contributed by atoms with Crippen LogP contribution in [0.1, 0.15) is 38.5 Å². The largest absolute Gasteiger partial charge is 0.376 e. The summed E-state index contributed by atoms with van der Waals surface area (Å²) in [5.74, 6) is 2.49. The summed E-state index contributed by atoms with van der Waals surface area (Å²) in [4.78, 5) is 4.15. The first kappa shape index (κ1) is 25.3. The van der Waals surface area contributed by atoms with Crippen LogP contribution in [0.3, 0.4) is 0 Å². The van der Waals surface area contributed by atoms with E-state index >= 15 is 0 Å². The zero-order chi connectivity index (χ0) is 18.7. The fourth-order valence-electron chi connectivity index (χ4n) is 3.28. The fraction of sp³-hybridized carbons (Fsp3) is 0.941. The molecule has 0 amide bonds. The molecule has 1 saturated carbocycles. The van der Waals surface area contributed by atoms with Crippen molar-refractivity contribution >= 4 is 51.7 Å².